The molecule has 2 heterocycles. The van der Waals surface area contributed by atoms with E-state index in [1.807, 2.05) is 14.1 Å². The van der Waals surface area contributed by atoms with Crippen LogP contribution < -0.4 is 5.32 Å². The van der Waals surface area contributed by atoms with Crippen molar-refractivity contribution in [1.29, 1.82) is 0 Å². The Kier molecular flexibility index (Phi) is 4.62. The standard InChI is InChI=1S/C17H20N6O2/c1-12-4-6-13(7-5-12)14(21(2)3)10-18-15-8-9-16-19-11-17(23(24)25)22(16)20-15/h4-9,11,14H,10H2,1-3H3,(H,18,20)/t14-/m0/s1. The zero-order valence-corrected chi connectivity index (χ0v) is 14.4. The first-order valence-electron chi connectivity index (χ1n) is 7.92. The highest BCUT2D eigenvalue weighted by atomic mass is 16.6. The van der Waals surface area contributed by atoms with Crippen molar-refractivity contribution in [2.75, 3.05) is 26.0 Å². The summed E-state index contributed by atoms with van der Waals surface area (Å²) in [7, 11) is 4.03. The van der Waals surface area contributed by atoms with E-state index in [-0.39, 0.29) is 11.9 Å². The summed E-state index contributed by atoms with van der Waals surface area (Å²) in [6.45, 7) is 2.68. The molecule has 0 unspecified atom stereocenters. The molecule has 0 bridgehead atoms. The minimum Gasteiger partial charge on any atom is -0.365 e. The molecule has 0 aliphatic heterocycles. The predicted molar refractivity (Wildman–Crippen MR) is 95.7 cm³/mol. The number of hydrogen-bond acceptors (Lipinski definition) is 6. The highest BCUT2D eigenvalue weighted by Crippen LogP contribution is 2.20. The molecule has 1 N–H and O–H groups in total. The molecule has 0 aliphatic rings. The molecular formula is C17H20N6O2. The summed E-state index contributed by atoms with van der Waals surface area (Å²) in [5.74, 6) is 0.411. The quantitative estimate of drug-likeness (QED) is 0.548. The van der Waals surface area contributed by atoms with Gasteiger partial charge in [0.2, 0.25) is 5.65 Å². The smallest absolute Gasteiger partial charge is 0.365 e. The van der Waals surface area contributed by atoms with Crippen LogP contribution in [0.25, 0.3) is 5.65 Å². The Balaban J connectivity index is 1.81. The van der Waals surface area contributed by atoms with E-state index in [9.17, 15) is 10.1 Å². The molecule has 0 saturated heterocycles. The summed E-state index contributed by atoms with van der Waals surface area (Å²) in [6, 6.07) is 12.0. The number of rotatable bonds is 6. The lowest BCUT2D eigenvalue weighted by Crippen LogP contribution is -2.27. The Hall–Kier alpha value is -3.00. The van der Waals surface area contributed by atoms with Crippen LogP contribution in [-0.2, 0) is 0 Å². The van der Waals surface area contributed by atoms with E-state index < -0.39 is 4.92 Å². The Bertz CT molecular complexity index is 888. The first-order chi connectivity index (χ1) is 12.0. The Labute approximate surface area is 145 Å². The van der Waals surface area contributed by atoms with Gasteiger partial charge in [-0.1, -0.05) is 39.4 Å². The first kappa shape index (κ1) is 16.8. The lowest BCUT2D eigenvalue weighted by molar-refractivity contribution is -0.391. The number of nitro groups is 1. The average molecular weight is 340 g/mol. The monoisotopic (exact) mass is 340 g/mol. The fourth-order valence-corrected chi connectivity index (χ4v) is 2.67. The van der Waals surface area contributed by atoms with Crippen molar-refractivity contribution >= 4 is 17.3 Å². The van der Waals surface area contributed by atoms with Crippen molar-refractivity contribution < 1.29 is 4.92 Å². The summed E-state index contributed by atoms with van der Waals surface area (Å²) >= 11 is 0. The number of hydrogen-bond donors (Lipinski definition) is 1. The molecule has 0 saturated carbocycles. The van der Waals surface area contributed by atoms with Crippen LogP contribution in [0.5, 0.6) is 0 Å². The number of nitrogens with zero attached hydrogens (tertiary/aromatic N) is 5. The van der Waals surface area contributed by atoms with Crippen molar-refractivity contribution in [3.8, 4) is 0 Å². The number of aromatic nitrogens is 3. The molecule has 1 atom stereocenters. The van der Waals surface area contributed by atoms with E-state index in [2.05, 4.69) is 51.5 Å². The number of nitrogens with one attached hydrogen (secondary N) is 1. The van der Waals surface area contributed by atoms with Crippen molar-refractivity contribution in [2.24, 2.45) is 0 Å². The summed E-state index contributed by atoms with van der Waals surface area (Å²) in [5, 5.41) is 18.6. The first-order valence-corrected chi connectivity index (χ1v) is 7.92. The third-order valence-corrected chi connectivity index (χ3v) is 4.09. The second kappa shape index (κ2) is 6.86. The molecule has 25 heavy (non-hydrogen) atoms. The molecule has 2 aromatic heterocycles. The topological polar surface area (TPSA) is 88.6 Å². The van der Waals surface area contributed by atoms with Crippen LogP contribution >= 0.6 is 0 Å². The van der Waals surface area contributed by atoms with Crippen LogP contribution in [0.4, 0.5) is 11.6 Å². The molecule has 1 aromatic carbocycles. The molecular weight excluding hydrogens is 320 g/mol. The molecule has 8 nitrogen and oxygen atoms in total. The maximum atomic E-state index is 11.0. The van der Waals surface area contributed by atoms with Crippen molar-refractivity contribution in [3.05, 3.63) is 63.8 Å². The Morgan fingerprint density at radius 1 is 1.24 bits per heavy atom. The molecule has 0 aliphatic carbocycles. The minimum atomic E-state index is -0.494. The Morgan fingerprint density at radius 3 is 2.60 bits per heavy atom. The molecule has 0 radical (unpaired) electrons. The highest BCUT2D eigenvalue weighted by molar-refractivity contribution is 5.48. The largest absolute Gasteiger partial charge is 0.368 e. The molecule has 3 rings (SSSR count). The zero-order valence-electron chi connectivity index (χ0n) is 14.4. The van der Waals surface area contributed by atoms with Crippen LogP contribution in [0.1, 0.15) is 17.2 Å². The lowest BCUT2D eigenvalue weighted by Gasteiger charge is -2.25. The van der Waals surface area contributed by atoms with E-state index in [0.29, 0.717) is 18.0 Å². The zero-order chi connectivity index (χ0) is 18.0. The second-order valence-electron chi connectivity index (χ2n) is 6.13. The molecule has 130 valence electrons. The minimum absolute atomic E-state index is 0.149. The van der Waals surface area contributed by atoms with Crippen LogP contribution in [0.2, 0.25) is 0 Å². The normalized spacial score (nSPS) is 12.5. The molecule has 0 spiro atoms. The van der Waals surface area contributed by atoms with Gasteiger partial charge in [0, 0.05) is 12.6 Å². The van der Waals surface area contributed by atoms with E-state index in [0.717, 1.165) is 0 Å². The summed E-state index contributed by atoms with van der Waals surface area (Å²) in [5.41, 5.74) is 2.85. The predicted octanol–water partition coefficient (Wildman–Crippen LogP) is 2.66. The van der Waals surface area contributed by atoms with Crippen molar-refractivity contribution in [1.82, 2.24) is 19.5 Å². The summed E-state index contributed by atoms with van der Waals surface area (Å²) < 4.78 is 1.23. The third-order valence-electron chi connectivity index (χ3n) is 4.09. The van der Waals surface area contributed by atoms with Gasteiger partial charge in [-0.3, -0.25) is 0 Å². The van der Waals surface area contributed by atoms with Crippen LogP contribution in [0.3, 0.4) is 0 Å². The molecule has 0 fully saturated rings. The van der Waals surface area contributed by atoms with Gasteiger partial charge in [-0.2, -0.15) is 0 Å². The van der Waals surface area contributed by atoms with Gasteiger partial charge < -0.3 is 20.3 Å². The Morgan fingerprint density at radius 2 is 1.96 bits per heavy atom. The number of aryl methyl sites for hydroxylation is 1. The maximum Gasteiger partial charge on any atom is 0.368 e. The van der Waals surface area contributed by atoms with Gasteiger partial charge in [0.15, 0.2) is 5.82 Å². The van der Waals surface area contributed by atoms with Crippen LogP contribution in [0.15, 0.2) is 42.6 Å². The van der Waals surface area contributed by atoms with Gasteiger partial charge >= 0.3 is 5.82 Å². The molecule has 3 aromatic rings. The maximum absolute atomic E-state index is 11.0. The third kappa shape index (κ3) is 3.58. The van der Waals surface area contributed by atoms with E-state index in [4.69, 9.17) is 0 Å². The second-order valence-corrected chi connectivity index (χ2v) is 6.13. The number of benzene rings is 1. The van der Waals surface area contributed by atoms with Crippen LogP contribution in [-0.4, -0.2) is 45.1 Å². The van der Waals surface area contributed by atoms with Gasteiger partial charge in [0.25, 0.3) is 0 Å². The summed E-state index contributed by atoms with van der Waals surface area (Å²) in [6.07, 6.45) is 1.21. The fraction of sp³-hybridized carbons (Fsp3) is 0.294. The van der Waals surface area contributed by atoms with Gasteiger partial charge in [0.05, 0.1) is 6.04 Å². The SMILES string of the molecule is Cc1ccc([C@H](CNc2ccc3ncc([N+](=O)[O-])n3n2)N(C)C)cc1. The lowest BCUT2D eigenvalue weighted by atomic mass is 10.0. The number of fused-ring (bicyclic) bond motifs is 1. The van der Waals surface area contributed by atoms with Crippen molar-refractivity contribution in [2.45, 2.75) is 13.0 Å². The van der Waals surface area contributed by atoms with Gasteiger partial charge in [-0.25, -0.2) is 4.98 Å². The van der Waals surface area contributed by atoms with Crippen molar-refractivity contribution in [3.63, 3.8) is 0 Å². The average Bonchev–Trinajstić information content (AvgIpc) is 2.99. The van der Waals surface area contributed by atoms with Crippen LogP contribution in [0, 0.1) is 17.0 Å². The van der Waals surface area contributed by atoms with Gasteiger partial charge in [-0.15, -0.1) is 0 Å². The summed E-state index contributed by atoms with van der Waals surface area (Å²) in [4.78, 5) is 16.6. The van der Waals surface area contributed by atoms with E-state index >= 15 is 0 Å². The number of anilines is 1. The molecule has 8 heteroatoms. The number of imidazole rings is 1. The molecule has 0 amide bonds. The van der Waals surface area contributed by atoms with E-state index in [1.165, 1.54) is 21.8 Å². The number of likely N-dealkylation sites (N-methyl/N-ethyl adjacent to an activating group) is 1. The fourth-order valence-electron chi connectivity index (χ4n) is 2.67. The highest BCUT2D eigenvalue weighted by Gasteiger charge is 2.17. The van der Waals surface area contributed by atoms with E-state index in [1.54, 1.807) is 12.1 Å². The van der Waals surface area contributed by atoms with Gasteiger partial charge in [-0.05, 0) is 37.6 Å². The van der Waals surface area contributed by atoms with Gasteiger partial charge in [0.1, 0.15) is 6.20 Å².